The first-order chi connectivity index (χ1) is 9.02. The third kappa shape index (κ3) is 5.67. The molecule has 3 N–H and O–H groups in total. The van der Waals surface area contributed by atoms with E-state index >= 15 is 0 Å². The van der Waals surface area contributed by atoms with Crippen molar-refractivity contribution in [2.45, 2.75) is 19.8 Å². The minimum atomic E-state index is -0.394. The number of thiocarbonyl (C=S) groups is 1. The van der Waals surface area contributed by atoms with Crippen LogP contribution >= 0.6 is 23.8 Å². The summed E-state index contributed by atoms with van der Waals surface area (Å²) in [6.07, 6.45) is 1.10. The summed E-state index contributed by atoms with van der Waals surface area (Å²) in [6, 6.07) is 6.47. The fourth-order valence-electron chi connectivity index (χ4n) is 1.26. The van der Waals surface area contributed by atoms with Crippen LogP contribution in [-0.4, -0.2) is 16.9 Å². The number of benzene rings is 1. The lowest BCUT2D eigenvalue weighted by molar-refractivity contribution is -0.119. The molecular formula is C12H14ClN3O2S. The zero-order valence-corrected chi connectivity index (χ0v) is 11.9. The molecule has 0 aliphatic rings. The number of hydrogen-bond donors (Lipinski definition) is 3. The molecule has 7 heteroatoms. The average Bonchev–Trinajstić information content (AvgIpc) is 2.36. The van der Waals surface area contributed by atoms with Crippen LogP contribution < -0.4 is 16.2 Å². The van der Waals surface area contributed by atoms with Gasteiger partial charge in [0.25, 0.3) is 5.91 Å². The largest absolute Gasteiger partial charge is 0.302 e. The number of carbonyl (C=O) groups is 2. The van der Waals surface area contributed by atoms with Crippen LogP contribution in [0.4, 0.5) is 0 Å². The summed E-state index contributed by atoms with van der Waals surface area (Å²) in [4.78, 5) is 23.0. The summed E-state index contributed by atoms with van der Waals surface area (Å²) in [7, 11) is 0. The van der Waals surface area contributed by atoms with Gasteiger partial charge in [0.1, 0.15) is 0 Å². The number of nitrogens with one attached hydrogen (secondary N) is 3. The number of amides is 2. The van der Waals surface area contributed by atoms with Gasteiger partial charge in [-0.25, -0.2) is 0 Å². The van der Waals surface area contributed by atoms with Crippen molar-refractivity contribution in [2.24, 2.45) is 0 Å². The van der Waals surface area contributed by atoms with Crippen LogP contribution in [0.2, 0.25) is 5.02 Å². The molecule has 1 aromatic carbocycles. The maximum absolute atomic E-state index is 11.7. The van der Waals surface area contributed by atoms with E-state index in [-0.39, 0.29) is 11.0 Å². The second kappa shape index (κ2) is 7.70. The van der Waals surface area contributed by atoms with Crippen LogP contribution in [0.5, 0.6) is 0 Å². The predicted molar refractivity (Wildman–Crippen MR) is 77.7 cm³/mol. The number of halogens is 1. The van der Waals surface area contributed by atoms with Gasteiger partial charge < -0.3 is 5.32 Å². The Morgan fingerprint density at radius 3 is 2.68 bits per heavy atom. The lowest BCUT2D eigenvalue weighted by Crippen LogP contribution is -2.48. The number of rotatable bonds is 3. The van der Waals surface area contributed by atoms with Crippen molar-refractivity contribution in [1.82, 2.24) is 16.2 Å². The van der Waals surface area contributed by atoms with Crippen molar-refractivity contribution < 1.29 is 9.59 Å². The molecular weight excluding hydrogens is 286 g/mol. The van der Waals surface area contributed by atoms with E-state index in [2.05, 4.69) is 16.2 Å². The average molecular weight is 300 g/mol. The maximum Gasteiger partial charge on any atom is 0.269 e. The Balaban J connectivity index is 2.42. The molecule has 0 aromatic heterocycles. The van der Waals surface area contributed by atoms with Gasteiger partial charge in [-0.2, -0.15) is 0 Å². The molecule has 0 radical (unpaired) electrons. The summed E-state index contributed by atoms with van der Waals surface area (Å²) in [5.41, 5.74) is 5.21. The monoisotopic (exact) mass is 299 g/mol. The fraction of sp³-hybridized carbons (Fsp3) is 0.250. The van der Waals surface area contributed by atoms with Crippen LogP contribution in [0.3, 0.4) is 0 Å². The lowest BCUT2D eigenvalue weighted by Gasteiger charge is -2.10. The molecule has 0 fully saturated rings. The highest BCUT2D eigenvalue weighted by Gasteiger charge is 2.07. The smallest absolute Gasteiger partial charge is 0.269 e. The Kier molecular flexibility index (Phi) is 6.24. The molecule has 0 aliphatic heterocycles. The van der Waals surface area contributed by atoms with Crippen LogP contribution in [0.25, 0.3) is 0 Å². The van der Waals surface area contributed by atoms with Gasteiger partial charge in [-0.1, -0.05) is 24.6 Å². The fourth-order valence-corrected chi connectivity index (χ4v) is 1.62. The van der Waals surface area contributed by atoms with Crippen LogP contribution in [0.15, 0.2) is 24.3 Å². The summed E-state index contributed by atoms with van der Waals surface area (Å²) in [5.74, 6) is -0.591. The Labute approximate surface area is 121 Å². The van der Waals surface area contributed by atoms with Gasteiger partial charge in [0.05, 0.1) is 0 Å². The predicted octanol–water partition coefficient (Wildman–Crippen LogP) is 1.78. The Bertz CT molecular complexity index is 494. The first-order valence-electron chi connectivity index (χ1n) is 5.68. The van der Waals surface area contributed by atoms with Gasteiger partial charge in [-0.15, -0.1) is 0 Å². The second-order valence-electron chi connectivity index (χ2n) is 3.72. The third-order valence-electron chi connectivity index (χ3n) is 2.11. The molecule has 19 heavy (non-hydrogen) atoms. The molecule has 0 unspecified atom stereocenters. The summed E-state index contributed by atoms with van der Waals surface area (Å²) in [5, 5.41) is 2.95. The minimum absolute atomic E-state index is 0.0498. The SMILES string of the molecule is CCCC(=O)NC(=S)NNC(=O)c1cccc(Cl)c1. The van der Waals surface area contributed by atoms with E-state index in [9.17, 15) is 9.59 Å². The highest BCUT2D eigenvalue weighted by Crippen LogP contribution is 2.09. The minimum Gasteiger partial charge on any atom is -0.302 e. The van der Waals surface area contributed by atoms with Crippen molar-refractivity contribution in [2.75, 3.05) is 0 Å². The number of hydrogen-bond acceptors (Lipinski definition) is 3. The topological polar surface area (TPSA) is 70.2 Å². The normalized spacial score (nSPS) is 9.58. The van der Waals surface area contributed by atoms with E-state index < -0.39 is 5.91 Å². The van der Waals surface area contributed by atoms with Crippen LogP contribution in [-0.2, 0) is 4.79 Å². The molecule has 1 rings (SSSR count). The van der Waals surface area contributed by atoms with Gasteiger partial charge in [-0.3, -0.25) is 20.4 Å². The molecule has 0 saturated heterocycles. The molecule has 0 aliphatic carbocycles. The molecule has 0 spiro atoms. The quantitative estimate of drug-likeness (QED) is 0.588. The van der Waals surface area contributed by atoms with Gasteiger partial charge in [0.2, 0.25) is 5.91 Å². The van der Waals surface area contributed by atoms with Crippen molar-refractivity contribution in [3.05, 3.63) is 34.9 Å². The van der Waals surface area contributed by atoms with E-state index in [1.54, 1.807) is 18.2 Å². The van der Waals surface area contributed by atoms with E-state index in [4.69, 9.17) is 23.8 Å². The first-order valence-corrected chi connectivity index (χ1v) is 6.47. The van der Waals surface area contributed by atoms with Gasteiger partial charge in [-0.05, 0) is 36.8 Å². The van der Waals surface area contributed by atoms with Gasteiger partial charge >= 0.3 is 0 Å². The molecule has 1 aromatic rings. The van der Waals surface area contributed by atoms with E-state index in [0.29, 0.717) is 17.0 Å². The maximum atomic E-state index is 11.7. The standard InChI is InChI=1S/C12H14ClN3O2S/c1-2-4-10(17)14-12(19)16-15-11(18)8-5-3-6-9(13)7-8/h3,5-7H,2,4H2,1H3,(H,15,18)(H2,14,16,17,19). The van der Waals surface area contributed by atoms with Crippen LogP contribution in [0, 0.1) is 0 Å². The van der Waals surface area contributed by atoms with Gasteiger partial charge in [0.15, 0.2) is 5.11 Å². The van der Waals surface area contributed by atoms with Crippen molar-refractivity contribution >= 4 is 40.7 Å². The zero-order valence-electron chi connectivity index (χ0n) is 10.3. The van der Waals surface area contributed by atoms with Gasteiger partial charge in [0, 0.05) is 17.0 Å². The number of carbonyl (C=O) groups excluding carboxylic acids is 2. The van der Waals surface area contributed by atoms with E-state index in [1.165, 1.54) is 6.07 Å². The summed E-state index contributed by atoms with van der Waals surface area (Å²) in [6.45, 7) is 1.89. The van der Waals surface area contributed by atoms with Crippen molar-refractivity contribution in [3.8, 4) is 0 Å². The zero-order chi connectivity index (χ0) is 14.3. The summed E-state index contributed by atoms with van der Waals surface area (Å²) < 4.78 is 0. The lowest BCUT2D eigenvalue weighted by atomic mass is 10.2. The third-order valence-corrected chi connectivity index (χ3v) is 2.55. The Morgan fingerprint density at radius 1 is 1.32 bits per heavy atom. The highest BCUT2D eigenvalue weighted by molar-refractivity contribution is 7.80. The molecule has 5 nitrogen and oxygen atoms in total. The van der Waals surface area contributed by atoms with Crippen molar-refractivity contribution in [3.63, 3.8) is 0 Å². The van der Waals surface area contributed by atoms with E-state index in [1.807, 2.05) is 6.92 Å². The molecule has 0 atom stereocenters. The molecule has 102 valence electrons. The van der Waals surface area contributed by atoms with E-state index in [0.717, 1.165) is 6.42 Å². The Hall–Kier alpha value is -1.66. The second-order valence-corrected chi connectivity index (χ2v) is 4.56. The molecule has 0 bridgehead atoms. The molecule has 0 heterocycles. The molecule has 0 saturated carbocycles. The summed E-state index contributed by atoms with van der Waals surface area (Å²) >= 11 is 10.6. The number of hydrazine groups is 1. The Morgan fingerprint density at radius 2 is 2.05 bits per heavy atom. The van der Waals surface area contributed by atoms with Crippen molar-refractivity contribution in [1.29, 1.82) is 0 Å². The molecule has 2 amide bonds. The highest BCUT2D eigenvalue weighted by atomic mass is 35.5. The van der Waals surface area contributed by atoms with Crippen LogP contribution in [0.1, 0.15) is 30.1 Å². The first kappa shape index (κ1) is 15.4.